The zero-order valence-electron chi connectivity index (χ0n) is 11.9. The minimum atomic E-state index is -0.336. The minimum absolute atomic E-state index is 0.0966. The maximum absolute atomic E-state index is 13.5. The zero-order valence-corrected chi connectivity index (χ0v) is 11.9. The van der Waals surface area contributed by atoms with E-state index in [2.05, 4.69) is 0 Å². The average Bonchev–Trinajstić information content (AvgIpc) is 2.88. The van der Waals surface area contributed by atoms with Gasteiger partial charge in [0.05, 0.1) is 11.8 Å². The second kappa shape index (κ2) is 5.90. The maximum Gasteiger partial charge on any atom is 0.257 e. The number of amides is 1. The van der Waals surface area contributed by atoms with Gasteiger partial charge in [0.1, 0.15) is 11.6 Å². The van der Waals surface area contributed by atoms with Crippen LogP contribution < -0.4 is 0 Å². The normalized spacial score (nSPS) is 10.6. The molecule has 1 amide bonds. The molecule has 4 heteroatoms. The highest BCUT2D eigenvalue weighted by Gasteiger charge is 2.20. The first kappa shape index (κ1) is 14.3. The summed E-state index contributed by atoms with van der Waals surface area (Å²) >= 11 is 0. The fourth-order valence-electron chi connectivity index (χ4n) is 2.25. The smallest absolute Gasteiger partial charge is 0.257 e. The van der Waals surface area contributed by atoms with Crippen LogP contribution in [0.15, 0.2) is 34.9 Å². The number of rotatable bonds is 4. The second-order valence-electron chi connectivity index (χ2n) is 4.66. The van der Waals surface area contributed by atoms with Gasteiger partial charge in [-0.2, -0.15) is 0 Å². The molecule has 2 aromatic rings. The molecule has 0 N–H and O–H groups in total. The summed E-state index contributed by atoms with van der Waals surface area (Å²) in [5.41, 5.74) is 1.85. The van der Waals surface area contributed by atoms with Crippen molar-refractivity contribution in [2.75, 3.05) is 13.1 Å². The van der Waals surface area contributed by atoms with Crippen molar-refractivity contribution < 1.29 is 13.6 Å². The van der Waals surface area contributed by atoms with Gasteiger partial charge >= 0.3 is 0 Å². The molecule has 0 bridgehead atoms. The molecule has 0 aliphatic carbocycles. The van der Waals surface area contributed by atoms with E-state index in [1.165, 1.54) is 18.4 Å². The molecule has 1 aromatic carbocycles. The first-order valence-corrected chi connectivity index (χ1v) is 6.71. The van der Waals surface area contributed by atoms with E-state index in [4.69, 9.17) is 4.42 Å². The minimum Gasteiger partial charge on any atom is -0.463 e. The lowest BCUT2D eigenvalue weighted by Crippen LogP contribution is -2.30. The third-order valence-electron chi connectivity index (χ3n) is 3.25. The van der Waals surface area contributed by atoms with Crippen LogP contribution in [0.4, 0.5) is 4.39 Å². The highest BCUT2D eigenvalue weighted by molar-refractivity contribution is 5.99. The van der Waals surface area contributed by atoms with Crippen LogP contribution in [0.3, 0.4) is 0 Å². The van der Waals surface area contributed by atoms with Crippen molar-refractivity contribution in [2.45, 2.75) is 20.8 Å². The molecular formula is C16H18FNO2. The van der Waals surface area contributed by atoms with Crippen molar-refractivity contribution in [3.05, 3.63) is 47.5 Å². The first-order chi connectivity index (χ1) is 9.56. The highest BCUT2D eigenvalue weighted by Crippen LogP contribution is 2.27. The number of hydrogen-bond donors (Lipinski definition) is 0. The molecule has 1 aromatic heterocycles. The Morgan fingerprint density at radius 3 is 2.55 bits per heavy atom. The quantitative estimate of drug-likeness (QED) is 0.848. The SMILES string of the molecule is CCN(CC)C(=O)c1ccoc1-c1cc(C)cc(F)c1. The van der Waals surface area contributed by atoms with Crippen molar-refractivity contribution in [3.63, 3.8) is 0 Å². The summed E-state index contributed by atoms with van der Waals surface area (Å²) in [5.74, 6) is -0.0113. The fourth-order valence-corrected chi connectivity index (χ4v) is 2.25. The van der Waals surface area contributed by atoms with Crippen LogP contribution in [0.5, 0.6) is 0 Å². The number of aryl methyl sites for hydroxylation is 1. The van der Waals surface area contributed by atoms with Crippen LogP contribution in [0.2, 0.25) is 0 Å². The van der Waals surface area contributed by atoms with E-state index in [1.54, 1.807) is 24.0 Å². The van der Waals surface area contributed by atoms with Gasteiger partial charge in [-0.25, -0.2) is 4.39 Å². The van der Waals surface area contributed by atoms with Crippen LogP contribution in [0, 0.1) is 12.7 Å². The van der Waals surface area contributed by atoms with E-state index in [-0.39, 0.29) is 11.7 Å². The van der Waals surface area contributed by atoms with Gasteiger partial charge in [-0.05, 0) is 50.6 Å². The van der Waals surface area contributed by atoms with Crippen LogP contribution >= 0.6 is 0 Å². The summed E-state index contributed by atoms with van der Waals surface area (Å²) in [4.78, 5) is 14.1. The van der Waals surface area contributed by atoms with E-state index >= 15 is 0 Å². The van der Waals surface area contributed by atoms with Crippen molar-refractivity contribution in [1.29, 1.82) is 0 Å². The Hall–Kier alpha value is -2.10. The number of carbonyl (C=O) groups excluding carboxylic acids is 1. The van der Waals surface area contributed by atoms with Gasteiger partial charge in [-0.15, -0.1) is 0 Å². The van der Waals surface area contributed by atoms with Crippen LogP contribution in [0.1, 0.15) is 29.8 Å². The molecule has 2 rings (SSSR count). The molecule has 0 fully saturated rings. The van der Waals surface area contributed by atoms with Gasteiger partial charge in [0.2, 0.25) is 0 Å². The number of furan rings is 1. The Morgan fingerprint density at radius 2 is 1.95 bits per heavy atom. The summed E-state index contributed by atoms with van der Waals surface area (Å²) in [6.45, 7) is 6.91. The number of hydrogen-bond acceptors (Lipinski definition) is 2. The Morgan fingerprint density at radius 1 is 1.25 bits per heavy atom. The Bertz CT molecular complexity index is 594. The van der Waals surface area contributed by atoms with E-state index in [0.717, 1.165) is 5.56 Å². The van der Waals surface area contributed by atoms with Crippen molar-refractivity contribution in [3.8, 4) is 11.3 Å². The lowest BCUT2D eigenvalue weighted by atomic mass is 10.1. The predicted molar refractivity (Wildman–Crippen MR) is 76.1 cm³/mol. The summed E-state index contributed by atoms with van der Waals surface area (Å²) in [6, 6.07) is 6.26. The zero-order chi connectivity index (χ0) is 14.7. The highest BCUT2D eigenvalue weighted by atomic mass is 19.1. The third-order valence-corrected chi connectivity index (χ3v) is 3.25. The van der Waals surface area contributed by atoms with Crippen molar-refractivity contribution in [1.82, 2.24) is 4.90 Å². The largest absolute Gasteiger partial charge is 0.463 e. The van der Waals surface area contributed by atoms with Gasteiger partial charge in [-0.3, -0.25) is 4.79 Å². The summed E-state index contributed by atoms with van der Waals surface area (Å²) in [7, 11) is 0. The molecule has 0 aliphatic rings. The molecule has 0 aliphatic heterocycles. The molecule has 106 valence electrons. The molecule has 1 heterocycles. The molecule has 0 saturated carbocycles. The fraction of sp³-hybridized carbons (Fsp3) is 0.312. The molecular weight excluding hydrogens is 257 g/mol. The third kappa shape index (κ3) is 2.74. The molecule has 20 heavy (non-hydrogen) atoms. The van der Waals surface area contributed by atoms with E-state index in [9.17, 15) is 9.18 Å². The summed E-state index contributed by atoms with van der Waals surface area (Å²) in [6.07, 6.45) is 1.46. The number of halogens is 1. The van der Waals surface area contributed by atoms with E-state index in [1.807, 2.05) is 13.8 Å². The van der Waals surface area contributed by atoms with Gasteiger partial charge in [0, 0.05) is 18.7 Å². The maximum atomic E-state index is 13.5. The number of carbonyl (C=O) groups is 1. The summed E-state index contributed by atoms with van der Waals surface area (Å²) in [5, 5.41) is 0. The number of benzene rings is 1. The number of nitrogens with zero attached hydrogens (tertiary/aromatic N) is 1. The summed E-state index contributed by atoms with van der Waals surface area (Å²) < 4.78 is 18.9. The van der Waals surface area contributed by atoms with Crippen LogP contribution in [-0.4, -0.2) is 23.9 Å². The molecule has 0 atom stereocenters. The molecule has 0 spiro atoms. The average molecular weight is 275 g/mol. The van der Waals surface area contributed by atoms with Gasteiger partial charge in [0.15, 0.2) is 0 Å². The van der Waals surface area contributed by atoms with Gasteiger partial charge in [0.25, 0.3) is 5.91 Å². The lowest BCUT2D eigenvalue weighted by Gasteiger charge is -2.18. The topological polar surface area (TPSA) is 33.5 Å². The van der Waals surface area contributed by atoms with Crippen LogP contribution in [-0.2, 0) is 0 Å². The molecule has 0 radical (unpaired) electrons. The molecule has 3 nitrogen and oxygen atoms in total. The van der Waals surface area contributed by atoms with Gasteiger partial charge < -0.3 is 9.32 Å². The molecule has 0 unspecified atom stereocenters. The first-order valence-electron chi connectivity index (χ1n) is 6.71. The second-order valence-corrected chi connectivity index (χ2v) is 4.66. The van der Waals surface area contributed by atoms with Crippen molar-refractivity contribution in [2.24, 2.45) is 0 Å². The van der Waals surface area contributed by atoms with Crippen LogP contribution in [0.25, 0.3) is 11.3 Å². The van der Waals surface area contributed by atoms with E-state index in [0.29, 0.717) is 30.0 Å². The standard InChI is InChI=1S/C16H18FNO2/c1-4-18(5-2)16(19)14-6-7-20-15(14)12-8-11(3)9-13(17)10-12/h6-10H,4-5H2,1-3H3. The Labute approximate surface area is 118 Å². The van der Waals surface area contributed by atoms with E-state index < -0.39 is 0 Å². The monoisotopic (exact) mass is 275 g/mol. The van der Waals surface area contributed by atoms with Crippen molar-refractivity contribution >= 4 is 5.91 Å². The Kier molecular flexibility index (Phi) is 4.23. The Balaban J connectivity index is 2.45. The predicted octanol–water partition coefficient (Wildman–Crippen LogP) is 3.88. The lowest BCUT2D eigenvalue weighted by molar-refractivity contribution is 0.0773. The molecule has 0 saturated heterocycles. The van der Waals surface area contributed by atoms with Gasteiger partial charge in [-0.1, -0.05) is 0 Å².